The fraction of sp³-hybridized carbons (Fsp3) is 0.316. The molecular weight excluding hydrogens is 320 g/mol. The Morgan fingerprint density at radius 2 is 2.04 bits per heavy atom. The minimum atomic E-state index is -0.231. The Bertz CT molecular complexity index is 748. The average Bonchev–Trinajstić information content (AvgIpc) is 2.66. The van der Waals surface area contributed by atoms with Gasteiger partial charge in [0.25, 0.3) is 0 Å². The average molecular weight is 342 g/mol. The lowest BCUT2D eigenvalue weighted by Crippen LogP contribution is -2.47. The number of ether oxygens (including phenoxy) is 3. The number of nitrogens with one attached hydrogen (secondary N) is 2. The van der Waals surface area contributed by atoms with E-state index in [0.29, 0.717) is 24.7 Å². The Balaban J connectivity index is 1.54. The molecule has 1 unspecified atom stereocenters. The molecule has 2 aromatic carbocycles. The zero-order chi connectivity index (χ0) is 17.6. The molecule has 0 radical (unpaired) electrons. The van der Waals surface area contributed by atoms with E-state index < -0.39 is 0 Å². The lowest BCUT2D eigenvalue weighted by molar-refractivity contribution is 0.214. The van der Waals surface area contributed by atoms with Crippen molar-refractivity contribution in [3.05, 3.63) is 53.6 Å². The second-order valence-electron chi connectivity index (χ2n) is 5.82. The molecule has 2 N–H and O–H groups in total. The van der Waals surface area contributed by atoms with Crippen LogP contribution >= 0.6 is 0 Å². The van der Waals surface area contributed by atoms with Gasteiger partial charge in [-0.3, -0.25) is 0 Å². The molecule has 0 spiro atoms. The van der Waals surface area contributed by atoms with Crippen LogP contribution in [0.5, 0.6) is 17.2 Å². The summed E-state index contributed by atoms with van der Waals surface area (Å²) in [6.07, 6.45) is 0.759. The first-order valence-electron chi connectivity index (χ1n) is 8.15. The molecule has 1 aliphatic heterocycles. The molecule has 2 aromatic rings. The number of fused-ring (bicyclic) bond motifs is 1. The van der Waals surface area contributed by atoms with Gasteiger partial charge >= 0.3 is 6.03 Å². The molecular formula is C19H22N2O4. The van der Waals surface area contributed by atoms with E-state index in [0.717, 1.165) is 23.3 Å². The van der Waals surface area contributed by atoms with Crippen LogP contribution in [-0.4, -0.2) is 32.9 Å². The molecule has 132 valence electrons. The van der Waals surface area contributed by atoms with Crippen molar-refractivity contribution in [1.82, 2.24) is 10.6 Å². The summed E-state index contributed by atoms with van der Waals surface area (Å²) in [4.78, 5) is 12.2. The van der Waals surface area contributed by atoms with E-state index in [-0.39, 0.29) is 12.1 Å². The van der Waals surface area contributed by atoms with Gasteiger partial charge < -0.3 is 24.8 Å². The Hall–Kier alpha value is -2.89. The van der Waals surface area contributed by atoms with Gasteiger partial charge in [-0.2, -0.15) is 0 Å². The van der Waals surface area contributed by atoms with E-state index >= 15 is 0 Å². The van der Waals surface area contributed by atoms with Crippen molar-refractivity contribution in [1.29, 1.82) is 0 Å². The predicted molar refractivity (Wildman–Crippen MR) is 94.3 cm³/mol. The van der Waals surface area contributed by atoms with Gasteiger partial charge in [-0.1, -0.05) is 18.2 Å². The van der Waals surface area contributed by atoms with Crippen molar-refractivity contribution in [2.75, 3.05) is 20.8 Å². The minimum Gasteiger partial charge on any atom is -0.497 e. The number of hydrogen-bond donors (Lipinski definition) is 2. The van der Waals surface area contributed by atoms with Gasteiger partial charge in [-0.25, -0.2) is 4.79 Å². The fourth-order valence-corrected chi connectivity index (χ4v) is 2.83. The maximum atomic E-state index is 12.2. The van der Waals surface area contributed by atoms with Gasteiger partial charge in [-0.05, 0) is 30.2 Å². The summed E-state index contributed by atoms with van der Waals surface area (Å²) in [6, 6.07) is 13.1. The molecule has 0 saturated carbocycles. The van der Waals surface area contributed by atoms with Crippen LogP contribution < -0.4 is 24.8 Å². The van der Waals surface area contributed by atoms with Crippen molar-refractivity contribution in [3.8, 4) is 17.2 Å². The maximum Gasteiger partial charge on any atom is 0.315 e. The molecule has 1 atom stereocenters. The maximum absolute atomic E-state index is 12.2. The van der Waals surface area contributed by atoms with Crippen molar-refractivity contribution in [3.63, 3.8) is 0 Å². The van der Waals surface area contributed by atoms with Crippen LogP contribution in [0.4, 0.5) is 4.79 Å². The first kappa shape index (κ1) is 17.0. The molecule has 0 fully saturated rings. The SMILES string of the molecule is COc1ccc(CNC(=O)NC2COc3ccccc3C2)c(OC)c1. The smallest absolute Gasteiger partial charge is 0.315 e. The Morgan fingerprint density at radius 1 is 1.20 bits per heavy atom. The molecule has 6 heteroatoms. The molecule has 0 bridgehead atoms. The van der Waals surface area contributed by atoms with Crippen LogP contribution in [0.1, 0.15) is 11.1 Å². The largest absolute Gasteiger partial charge is 0.497 e. The molecule has 6 nitrogen and oxygen atoms in total. The first-order valence-corrected chi connectivity index (χ1v) is 8.15. The number of hydrogen-bond acceptors (Lipinski definition) is 4. The highest BCUT2D eigenvalue weighted by Crippen LogP contribution is 2.25. The summed E-state index contributed by atoms with van der Waals surface area (Å²) in [7, 11) is 3.19. The fourth-order valence-electron chi connectivity index (χ4n) is 2.83. The van der Waals surface area contributed by atoms with Gasteiger partial charge in [0.15, 0.2) is 0 Å². The standard InChI is InChI=1S/C19H22N2O4/c1-23-16-8-7-14(18(10-16)24-2)11-20-19(22)21-15-9-13-5-3-4-6-17(13)25-12-15/h3-8,10,15H,9,11-12H2,1-2H3,(H2,20,21,22). The zero-order valence-electron chi connectivity index (χ0n) is 14.4. The molecule has 0 aromatic heterocycles. The number of rotatable bonds is 5. The van der Waals surface area contributed by atoms with E-state index in [4.69, 9.17) is 14.2 Å². The summed E-state index contributed by atoms with van der Waals surface area (Å²) >= 11 is 0. The number of carbonyl (C=O) groups excluding carboxylic acids is 1. The summed E-state index contributed by atoms with van der Waals surface area (Å²) in [5, 5.41) is 5.81. The van der Waals surface area contributed by atoms with Crippen molar-refractivity contribution >= 4 is 6.03 Å². The molecule has 0 aliphatic carbocycles. The van der Waals surface area contributed by atoms with Gasteiger partial charge in [0, 0.05) is 18.2 Å². The minimum absolute atomic E-state index is 0.0485. The van der Waals surface area contributed by atoms with E-state index in [1.165, 1.54) is 0 Å². The van der Waals surface area contributed by atoms with Gasteiger partial charge in [0.2, 0.25) is 0 Å². The summed E-state index contributed by atoms with van der Waals surface area (Å²) in [5.41, 5.74) is 1.99. The molecule has 3 rings (SSSR count). The third-order valence-corrected chi connectivity index (χ3v) is 4.15. The van der Waals surface area contributed by atoms with Crippen LogP contribution in [0.25, 0.3) is 0 Å². The van der Waals surface area contributed by atoms with Crippen molar-refractivity contribution in [2.24, 2.45) is 0 Å². The molecule has 1 aliphatic rings. The molecule has 0 saturated heterocycles. The summed E-state index contributed by atoms with van der Waals surface area (Å²) in [6.45, 7) is 0.833. The molecule has 1 heterocycles. The number of benzene rings is 2. The van der Waals surface area contributed by atoms with E-state index in [1.807, 2.05) is 36.4 Å². The lowest BCUT2D eigenvalue weighted by atomic mass is 10.0. The Labute approximate surface area is 147 Å². The highest BCUT2D eigenvalue weighted by atomic mass is 16.5. The number of carbonyl (C=O) groups is 1. The molecule has 2 amide bonds. The van der Waals surface area contributed by atoms with Gasteiger partial charge in [0.05, 0.1) is 20.3 Å². The van der Waals surface area contributed by atoms with E-state index in [2.05, 4.69) is 10.6 Å². The van der Waals surface area contributed by atoms with Crippen LogP contribution in [-0.2, 0) is 13.0 Å². The second kappa shape index (κ2) is 7.79. The summed E-state index contributed by atoms with van der Waals surface area (Å²) in [5.74, 6) is 2.28. The number of para-hydroxylation sites is 1. The van der Waals surface area contributed by atoms with Crippen LogP contribution in [0, 0.1) is 0 Å². The first-order chi connectivity index (χ1) is 12.2. The number of urea groups is 1. The van der Waals surface area contributed by atoms with E-state index in [9.17, 15) is 4.79 Å². The lowest BCUT2D eigenvalue weighted by Gasteiger charge is -2.26. The van der Waals surface area contributed by atoms with Crippen molar-refractivity contribution < 1.29 is 19.0 Å². The van der Waals surface area contributed by atoms with Gasteiger partial charge in [0.1, 0.15) is 23.9 Å². The van der Waals surface area contributed by atoms with Gasteiger partial charge in [-0.15, -0.1) is 0 Å². The summed E-state index contributed by atoms with van der Waals surface area (Å²) < 4.78 is 16.2. The van der Waals surface area contributed by atoms with Crippen LogP contribution in [0.3, 0.4) is 0 Å². The number of methoxy groups -OCH3 is 2. The van der Waals surface area contributed by atoms with Crippen LogP contribution in [0.15, 0.2) is 42.5 Å². The second-order valence-corrected chi connectivity index (χ2v) is 5.82. The molecule has 25 heavy (non-hydrogen) atoms. The highest BCUT2D eigenvalue weighted by Gasteiger charge is 2.21. The Morgan fingerprint density at radius 3 is 2.84 bits per heavy atom. The zero-order valence-corrected chi connectivity index (χ0v) is 14.4. The van der Waals surface area contributed by atoms with Crippen LogP contribution in [0.2, 0.25) is 0 Å². The monoisotopic (exact) mass is 342 g/mol. The predicted octanol–water partition coefficient (Wildman–Crippen LogP) is 2.51. The topological polar surface area (TPSA) is 68.8 Å². The van der Waals surface area contributed by atoms with E-state index in [1.54, 1.807) is 20.3 Å². The third kappa shape index (κ3) is 4.15. The third-order valence-electron chi connectivity index (χ3n) is 4.15. The van der Waals surface area contributed by atoms with Crippen molar-refractivity contribution in [2.45, 2.75) is 19.0 Å². The Kier molecular flexibility index (Phi) is 5.28. The number of amides is 2. The quantitative estimate of drug-likeness (QED) is 0.876. The highest BCUT2D eigenvalue weighted by molar-refractivity contribution is 5.74. The normalized spacial score (nSPS) is 15.5.